The molecule has 5 aliphatic rings. The fraction of sp³-hybridized carbons (Fsp3) is 0.806. The minimum atomic E-state index is -1.17. The van der Waals surface area contributed by atoms with Gasteiger partial charge in [-0.3, -0.25) is 9.59 Å². The summed E-state index contributed by atoms with van der Waals surface area (Å²) in [6, 6.07) is -2.10. The first-order valence-electron chi connectivity index (χ1n) is 18.1. The van der Waals surface area contributed by atoms with Gasteiger partial charge in [0, 0.05) is 19.2 Å². The molecule has 0 spiro atoms. The lowest BCUT2D eigenvalue weighted by molar-refractivity contribution is -0.185. The van der Waals surface area contributed by atoms with Crippen LogP contribution in [0, 0.1) is 22.7 Å². The lowest BCUT2D eigenvalue weighted by atomic mass is 9.45. The van der Waals surface area contributed by atoms with Gasteiger partial charge in [-0.25, -0.2) is 19.1 Å². The number of likely N-dealkylation sites (tertiary alicyclic amines) is 1. The lowest BCUT2D eigenvalue weighted by Crippen LogP contribution is -2.63. The van der Waals surface area contributed by atoms with Crippen molar-refractivity contribution in [2.45, 2.75) is 156 Å². The number of ether oxygens (including phenoxy) is 2. The molecule has 1 aromatic heterocycles. The van der Waals surface area contributed by atoms with Gasteiger partial charge in [0.1, 0.15) is 29.6 Å². The summed E-state index contributed by atoms with van der Waals surface area (Å²) >= 11 is 0. The van der Waals surface area contributed by atoms with Gasteiger partial charge in [0.15, 0.2) is 0 Å². The minimum absolute atomic E-state index is 0.0124. The van der Waals surface area contributed by atoms with Crippen LogP contribution in [0.25, 0.3) is 0 Å². The molecule has 5 fully saturated rings. The van der Waals surface area contributed by atoms with Crippen molar-refractivity contribution in [2.75, 3.05) is 6.54 Å². The summed E-state index contributed by atoms with van der Waals surface area (Å²) in [5.41, 5.74) is -2.01. The SMILES string of the molecule is CC(C)(C)OC(=O)NC(Cc1cn(C(=O)OC(C)(C)C)cn1)C(=O)NC(C(=O)N1CCCC1B1OC2C3CC(C[C@]2(C)O1)C3(C)C)C(C)(C)C. The van der Waals surface area contributed by atoms with E-state index in [0.717, 1.165) is 25.7 Å². The van der Waals surface area contributed by atoms with Crippen LogP contribution in [0.2, 0.25) is 0 Å². The van der Waals surface area contributed by atoms with Gasteiger partial charge >= 0.3 is 19.3 Å². The predicted molar refractivity (Wildman–Crippen MR) is 187 cm³/mol. The molecule has 3 heterocycles. The number of nitrogens with one attached hydrogen (secondary N) is 2. The molecule has 3 amide bonds. The average molecular weight is 700 g/mol. The molecule has 3 saturated carbocycles. The van der Waals surface area contributed by atoms with Crippen LogP contribution in [0.4, 0.5) is 9.59 Å². The molecule has 2 saturated heterocycles. The smallest absolute Gasteiger partial charge is 0.444 e. The van der Waals surface area contributed by atoms with Gasteiger partial charge in [0.2, 0.25) is 11.8 Å². The summed E-state index contributed by atoms with van der Waals surface area (Å²) < 4.78 is 25.5. The minimum Gasteiger partial charge on any atom is -0.444 e. The fourth-order valence-corrected chi connectivity index (χ4v) is 8.07. The van der Waals surface area contributed by atoms with Crippen molar-refractivity contribution >= 4 is 31.1 Å². The molecule has 6 rings (SSSR count). The molecular weight excluding hydrogens is 641 g/mol. The quantitative estimate of drug-likeness (QED) is 0.379. The van der Waals surface area contributed by atoms with Crippen molar-refractivity contribution in [3.05, 3.63) is 18.2 Å². The van der Waals surface area contributed by atoms with Crippen molar-refractivity contribution in [1.82, 2.24) is 25.1 Å². The van der Waals surface area contributed by atoms with E-state index < -0.39 is 53.9 Å². The van der Waals surface area contributed by atoms with E-state index in [1.54, 1.807) is 41.5 Å². The van der Waals surface area contributed by atoms with Gasteiger partial charge in [0.05, 0.1) is 23.3 Å². The number of aromatic nitrogens is 2. The van der Waals surface area contributed by atoms with Crippen LogP contribution in [0.5, 0.6) is 0 Å². The van der Waals surface area contributed by atoms with Crippen molar-refractivity contribution in [3.63, 3.8) is 0 Å². The first kappa shape index (κ1) is 38.1. The highest BCUT2D eigenvalue weighted by atomic mass is 16.7. The van der Waals surface area contributed by atoms with Gasteiger partial charge in [-0.05, 0) is 96.8 Å². The standard InChI is InChI=1S/C36H58BN5O8/c1-32(2,3)26(29(44)42-15-13-14-25(42)37-49-27-23-16-21(35(23,10)11)18-36(27,12)50-37)40-28(43)24(39-30(45)47-33(4,5)6)17-22-19-41(20-38-22)31(46)48-34(7,8)9/h19-21,23-27H,13-18H2,1-12H3,(H,39,45)(H,40,43)/t21?,23?,24?,25?,26?,27?,36-/m0/s1. The topological polar surface area (TPSA) is 150 Å². The highest BCUT2D eigenvalue weighted by molar-refractivity contribution is 6.48. The molecule has 50 heavy (non-hydrogen) atoms. The number of hydrogen-bond acceptors (Lipinski definition) is 9. The summed E-state index contributed by atoms with van der Waals surface area (Å²) in [4.78, 5) is 60.2. The van der Waals surface area contributed by atoms with E-state index in [4.69, 9.17) is 18.8 Å². The maximum absolute atomic E-state index is 14.5. The highest BCUT2D eigenvalue weighted by Crippen LogP contribution is 2.65. The van der Waals surface area contributed by atoms with E-state index in [2.05, 4.69) is 36.4 Å². The Hall–Kier alpha value is -3.13. The second kappa shape index (κ2) is 13.1. The van der Waals surface area contributed by atoms with E-state index in [-0.39, 0.29) is 35.4 Å². The second-order valence-corrected chi connectivity index (χ2v) is 18.6. The number of carbonyl (C=O) groups excluding carboxylic acids is 4. The van der Waals surface area contributed by atoms with Crippen LogP contribution in [0.1, 0.15) is 114 Å². The second-order valence-electron chi connectivity index (χ2n) is 18.6. The zero-order valence-corrected chi connectivity index (χ0v) is 32.0. The van der Waals surface area contributed by atoms with Crippen molar-refractivity contribution in [2.24, 2.45) is 22.7 Å². The number of amides is 3. The average Bonchev–Trinajstić information content (AvgIpc) is 3.70. The zero-order chi connectivity index (χ0) is 37.2. The third kappa shape index (κ3) is 8.01. The molecule has 7 atom stereocenters. The molecule has 1 aromatic rings. The fourth-order valence-electron chi connectivity index (χ4n) is 8.07. The highest BCUT2D eigenvalue weighted by Gasteiger charge is 2.68. The zero-order valence-electron chi connectivity index (χ0n) is 32.0. The van der Waals surface area contributed by atoms with Crippen molar-refractivity contribution < 1.29 is 38.0 Å². The monoisotopic (exact) mass is 699 g/mol. The third-order valence-corrected chi connectivity index (χ3v) is 10.8. The van der Waals surface area contributed by atoms with E-state index in [1.807, 2.05) is 25.7 Å². The Labute approximate surface area is 297 Å². The molecule has 14 heteroatoms. The molecule has 6 unspecified atom stereocenters. The van der Waals surface area contributed by atoms with Crippen LogP contribution in [-0.2, 0) is 34.8 Å². The molecule has 3 aliphatic carbocycles. The van der Waals surface area contributed by atoms with Gasteiger partial charge in [-0.1, -0.05) is 34.6 Å². The van der Waals surface area contributed by atoms with Crippen LogP contribution in [0.15, 0.2) is 12.5 Å². The molecule has 2 bridgehead atoms. The van der Waals surface area contributed by atoms with Gasteiger partial charge < -0.3 is 34.3 Å². The Bertz CT molecular complexity index is 1480. The summed E-state index contributed by atoms with van der Waals surface area (Å²) in [6.07, 6.45) is 4.88. The molecule has 13 nitrogen and oxygen atoms in total. The maximum atomic E-state index is 14.5. The van der Waals surface area contributed by atoms with Gasteiger partial charge in [-0.2, -0.15) is 0 Å². The Morgan fingerprint density at radius 2 is 1.68 bits per heavy atom. The number of nitrogens with zero attached hydrogens (tertiary/aromatic N) is 3. The van der Waals surface area contributed by atoms with Gasteiger partial charge in [0.25, 0.3) is 0 Å². The molecule has 278 valence electrons. The van der Waals surface area contributed by atoms with Crippen molar-refractivity contribution in [1.29, 1.82) is 0 Å². The molecular formula is C36H58BN5O8. The van der Waals surface area contributed by atoms with Crippen LogP contribution < -0.4 is 10.6 Å². The molecule has 2 aliphatic heterocycles. The Morgan fingerprint density at radius 1 is 1.02 bits per heavy atom. The molecule has 0 aromatic carbocycles. The van der Waals surface area contributed by atoms with Crippen molar-refractivity contribution in [3.8, 4) is 0 Å². The summed E-state index contributed by atoms with van der Waals surface area (Å²) in [7, 11) is -0.537. The number of alkyl carbamates (subject to hydrolysis) is 1. The van der Waals surface area contributed by atoms with E-state index >= 15 is 0 Å². The lowest BCUT2D eigenvalue weighted by Gasteiger charge is -2.63. The third-order valence-electron chi connectivity index (χ3n) is 10.8. The largest absolute Gasteiger partial charge is 0.481 e. The number of imidazole rings is 1. The molecule has 2 N–H and O–H groups in total. The van der Waals surface area contributed by atoms with Crippen LogP contribution in [-0.4, -0.2) is 93.0 Å². The maximum Gasteiger partial charge on any atom is 0.481 e. The Morgan fingerprint density at radius 3 is 2.28 bits per heavy atom. The Kier molecular flexibility index (Phi) is 10.0. The van der Waals surface area contributed by atoms with E-state index in [9.17, 15) is 19.2 Å². The number of hydrogen-bond donors (Lipinski definition) is 2. The number of rotatable bonds is 7. The summed E-state index contributed by atoms with van der Waals surface area (Å²) in [5, 5.41) is 5.63. The van der Waals surface area contributed by atoms with Crippen LogP contribution in [0.3, 0.4) is 0 Å². The Balaban J connectivity index is 1.33. The van der Waals surface area contributed by atoms with E-state index in [0.29, 0.717) is 24.1 Å². The normalized spacial score (nSPS) is 28.6. The van der Waals surface area contributed by atoms with E-state index in [1.165, 1.54) is 17.1 Å². The number of carbonyl (C=O) groups is 4. The van der Waals surface area contributed by atoms with Crippen LogP contribution >= 0.6 is 0 Å². The predicted octanol–water partition coefficient (Wildman–Crippen LogP) is 4.89. The van der Waals surface area contributed by atoms with Gasteiger partial charge in [-0.15, -0.1) is 0 Å². The summed E-state index contributed by atoms with van der Waals surface area (Å²) in [6.45, 7) is 23.5. The summed E-state index contributed by atoms with van der Waals surface area (Å²) in [5.74, 6) is -0.0601. The first-order chi connectivity index (χ1) is 22.9. The first-order valence-corrected chi connectivity index (χ1v) is 18.1. The molecule has 0 radical (unpaired) electrons.